The summed E-state index contributed by atoms with van der Waals surface area (Å²) in [5.41, 5.74) is -1.69. The molecule has 0 aliphatic rings. The lowest BCUT2D eigenvalue weighted by atomic mass is 10.3. The first-order chi connectivity index (χ1) is 12.3. The maximum absolute atomic E-state index is 14.2. The quantitative estimate of drug-likeness (QED) is 0.710. The fourth-order valence-corrected chi connectivity index (χ4v) is 4.24. The van der Waals surface area contributed by atoms with Gasteiger partial charge in [0.2, 0.25) is 0 Å². The van der Waals surface area contributed by atoms with Crippen molar-refractivity contribution in [3.63, 3.8) is 0 Å². The Bertz CT molecular complexity index is 1150. The van der Waals surface area contributed by atoms with Crippen molar-refractivity contribution < 1.29 is 17.5 Å². The zero-order valence-electron chi connectivity index (χ0n) is 13.5. The van der Waals surface area contributed by atoms with E-state index >= 15 is 0 Å². The molecule has 0 atom stereocenters. The minimum atomic E-state index is -4.33. The number of hydrogen-bond acceptors (Lipinski definition) is 6. The summed E-state index contributed by atoms with van der Waals surface area (Å²) in [7, 11) is -2.89. The first-order valence-electron chi connectivity index (χ1n) is 7.33. The van der Waals surface area contributed by atoms with E-state index in [0.29, 0.717) is 20.8 Å². The molecule has 2 heterocycles. The monoisotopic (exact) mass is 395 g/mol. The van der Waals surface area contributed by atoms with Crippen LogP contribution in [0.2, 0.25) is 0 Å². The maximum Gasteiger partial charge on any atom is 0.344 e. The summed E-state index contributed by atoms with van der Waals surface area (Å²) in [5.74, 6) is -0.671. The number of rotatable bonds is 5. The van der Waals surface area contributed by atoms with Crippen LogP contribution in [0.4, 0.5) is 4.39 Å². The van der Waals surface area contributed by atoms with Crippen molar-refractivity contribution >= 4 is 21.4 Å². The Kier molecular flexibility index (Phi) is 4.79. The Labute approximate surface area is 152 Å². The average Bonchev–Trinajstić information content (AvgIpc) is 3.15. The van der Waals surface area contributed by atoms with Crippen molar-refractivity contribution in [2.75, 3.05) is 7.11 Å². The minimum Gasteiger partial charge on any atom is -0.497 e. The maximum atomic E-state index is 14.2. The second-order valence-corrected chi connectivity index (χ2v) is 8.10. The van der Waals surface area contributed by atoms with Crippen LogP contribution in [0.3, 0.4) is 0 Å². The summed E-state index contributed by atoms with van der Waals surface area (Å²) >= 11 is 1.32. The van der Waals surface area contributed by atoms with Crippen LogP contribution in [-0.4, -0.2) is 24.1 Å². The molecule has 0 saturated carbocycles. The summed E-state index contributed by atoms with van der Waals surface area (Å²) in [5, 5.41) is 9.53. The van der Waals surface area contributed by atoms with Crippen LogP contribution in [0.25, 0.3) is 0 Å². The molecule has 7 nitrogen and oxygen atoms in total. The molecule has 0 aliphatic heterocycles. The lowest BCUT2D eigenvalue weighted by Crippen LogP contribution is -2.43. The molecule has 0 amide bonds. The lowest BCUT2D eigenvalue weighted by Gasteiger charge is -2.12. The normalized spacial score (nSPS) is 11.5. The van der Waals surface area contributed by atoms with E-state index in [1.54, 1.807) is 17.5 Å². The lowest BCUT2D eigenvalue weighted by molar-refractivity contribution is 0.414. The molecule has 0 radical (unpaired) electrons. The molecular formula is C16H14FN3O4S2. The number of nitrogens with zero attached hydrogens (tertiary/aromatic N) is 2. The number of halogens is 1. The van der Waals surface area contributed by atoms with E-state index in [1.165, 1.54) is 42.7 Å². The zero-order chi connectivity index (χ0) is 18.9. The van der Waals surface area contributed by atoms with Crippen molar-refractivity contribution in [2.45, 2.75) is 11.4 Å². The first-order valence-corrected chi connectivity index (χ1v) is 9.65. The van der Waals surface area contributed by atoms with E-state index in [2.05, 4.69) is 0 Å². The third-order valence-corrected chi connectivity index (χ3v) is 6.16. The highest BCUT2D eigenvalue weighted by molar-refractivity contribution is 7.90. The molecule has 0 bridgehead atoms. The van der Waals surface area contributed by atoms with Crippen LogP contribution in [0.15, 0.2) is 57.7 Å². The van der Waals surface area contributed by atoms with Crippen molar-refractivity contribution in [1.82, 2.24) is 8.54 Å². The highest BCUT2D eigenvalue weighted by Crippen LogP contribution is 2.17. The van der Waals surface area contributed by atoms with Gasteiger partial charge >= 0.3 is 5.69 Å². The van der Waals surface area contributed by atoms with Crippen LogP contribution in [-0.2, 0) is 16.6 Å². The molecule has 0 spiro atoms. The smallest absolute Gasteiger partial charge is 0.344 e. The highest BCUT2D eigenvalue weighted by Gasteiger charge is 2.22. The van der Waals surface area contributed by atoms with Gasteiger partial charge in [-0.3, -0.25) is 9.98 Å². The Balaban J connectivity index is 2.16. The van der Waals surface area contributed by atoms with E-state index in [1.807, 2.05) is 0 Å². The van der Waals surface area contributed by atoms with Gasteiger partial charge in [0, 0.05) is 4.88 Å². The number of benzene rings is 1. The number of methoxy groups -OCH3 is 1. The molecule has 0 saturated heterocycles. The number of hydrogen-bond donors (Lipinski definition) is 1. The van der Waals surface area contributed by atoms with Gasteiger partial charge in [-0.1, -0.05) is 6.07 Å². The standard InChI is InChI=1S/C16H14FN3O4S2/c1-24-11-4-6-13(7-5-11)26(22,23)20-10-14(17)15(18)19(16(20)21)9-12-3-2-8-25-12/h2-8,10,18H,9H2,1H3. The summed E-state index contributed by atoms with van der Waals surface area (Å²) < 4.78 is 45.7. The predicted molar refractivity (Wildman–Crippen MR) is 93.5 cm³/mol. The van der Waals surface area contributed by atoms with Gasteiger partial charge in [-0.25, -0.2) is 17.6 Å². The van der Waals surface area contributed by atoms with Crippen LogP contribution in [0, 0.1) is 11.2 Å². The van der Waals surface area contributed by atoms with Crippen molar-refractivity contribution in [2.24, 2.45) is 0 Å². The van der Waals surface area contributed by atoms with Gasteiger partial charge in [0.25, 0.3) is 10.0 Å². The SMILES string of the molecule is COc1ccc(S(=O)(=O)n2cc(F)c(=N)n(Cc3cccs3)c2=O)cc1. The Morgan fingerprint density at radius 2 is 1.92 bits per heavy atom. The minimum absolute atomic E-state index is 0.0920. The third-order valence-electron chi connectivity index (χ3n) is 3.66. The van der Waals surface area contributed by atoms with Gasteiger partial charge in [-0.05, 0) is 35.7 Å². The van der Waals surface area contributed by atoms with Crippen molar-refractivity contribution in [3.8, 4) is 5.75 Å². The highest BCUT2D eigenvalue weighted by atomic mass is 32.2. The first kappa shape index (κ1) is 18.1. The number of thiophene rings is 1. The molecule has 1 aromatic carbocycles. The van der Waals surface area contributed by atoms with Crippen LogP contribution < -0.4 is 15.9 Å². The Morgan fingerprint density at radius 1 is 1.23 bits per heavy atom. The molecule has 26 heavy (non-hydrogen) atoms. The molecule has 2 aromatic heterocycles. The molecule has 0 aliphatic carbocycles. The number of nitrogens with one attached hydrogen (secondary N) is 1. The number of ether oxygens (including phenoxy) is 1. The molecule has 1 N–H and O–H groups in total. The van der Waals surface area contributed by atoms with Gasteiger partial charge < -0.3 is 4.74 Å². The van der Waals surface area contributed by atoms with Gasteiger partial charge in [0.05, 0.1) is 24.7 Å². The average molecular weight is 395 g/mol. The second kappa shape index (κ2) is 6.89. The van der Waals surface area contributed by atoms with E-state index in [4.69, 9.17) is 10.1 Å². The van der Waals surface area contributed by atoms with Crippen molar-refractivity contribution in [3.05, 3.63) is 74.6 Å². The zero-order valence-corrected chi connectivity index (χ0v) is 15.2. The second-order valence-electron chi connectivity index (χ2n) is 5.25. The topological polar surface area (TPSA) is 94.2 Å². The van der Waals surface area contributed by atoms with E-state index in [-0.39, 0.29) is 11.4 Å². The van der Waals surface area contributed by atoms with Gasteiger partial charge in [-0.2, -0.15) is 3.97 Å². The predicted octanol–water partition coefficient (Wildman–Crippen LogP) is 1.62. The van der Waals surface area contributed by atoms with Crippen LogP contribution >= 0.6 is 11.3 Å². The van der Waals surface area contributed by atoms with E-state index < -0.39 is 27.0 Å². The fourth-order valence-electron chi connectivity index (χ4n) is 2.30. The van der Waals surface area contributed by atoms with Crippen LogP contribution in [0.1, 0.15) is 4.88 Å². The van der Waals surface area contributed by atoms with Gasteiger partial charge in [0.15, 0.2) is 11.3 Å². The summed E-state index contributed by atoms with van der Waals surface area (Å²) in [6.45, 7) is -0.0920. The Hall–Kier alpha value is -2.72. The third kappa shape index (κ3) is 3.20. The largest absolute Gasteiger partial charge is 0.497 e. The molecule has 10 heteroatoms. The molecule has 3 aromatic rings. The van der Waals surface area contributed by atoms with Crippen molar-refractivity contribution in [1.29, 1.82) is 5.41 Å². The van der Waals surface area contributed by atoms with E-state index in [0.717, 1.165) is 4.57 Å². The molecule has 0 unspecified atom stereocenters. The van der Waals surface area contributed by atoms with Gasteiger partial charge in [0.1, 0.15) is 5.75 Å². The van der Waals surface area contributed by atoms with E-state index in [9.17, 15) is 17.6 Å². The fraction of sp³-hybridized carbons (Fsp3) is 0.125. The molecular weight excluding hydrogens is 381 g/mol. The molecule has 136 valence electrons. The summed E-state index contributed by atoms with van der Waals surface area (Å²) in [6, 6.07) is 8.83. The summed E-state index contributed by atoms with van der Waals surface area (Å²) in [4.78, 5) is 13.2. The van der Waals surface area contributed by atoms with Gasteiger partial charge in [-0.15, -0.1) is 11.3 Å². The van der Waals surface area contributed by atoms with Crippen LogP contribution in [0.5, 0.6) is 5.75 Å². The summed E-state index contributed by atoms with van der Waals surface area (Å²) in [6.07, 6.45) is 0.523. The molecule has 3 rings (SSSR count). The number of aromatic nitrogens is 2. The molecule has 0 fully saturated rings. The Morgan fingerprint density at radius 3 is 2.50 bits per heavy atom.